The Hall–Kier alpha value is -3.21. The van der Waals surface area contributed by atoms with Crippen molar-refractivity contribution in [1.29, 1.82) is 0 Å². The number of hydrogen-bond acceptors (Lipinski definition) is 14. The first kappa shape index (κ1) is 31.3. The monoisotopic (exact) mass is 572 g/mol. The molecule has 18 heteroatoms. The maximum absolute atomic E-state index is 12.1. The molecular weight excluding hydrogens is 540 g/mol. The number of azide groups is 2. The second kappa shape index (κ2) is 13.4. The fourth-order valence-electron chi connectivity index (χ4n) is 4.68. The highest BCUT2D eigenvalue weighted by Crippen LogP contribution is 2.38. The molecule has 0 spiro atoms. The molecule has 0 unspecified atom stereocenters. The Morgan fingerprint density at radius 3 is 2.05 bits per heavy atom. The van der Waals surface area contributed by atoms with E-state index < -0.39 is 91.6 Å². The van der Waals surface area contributed by atoms with Crippen molar-refractivity contribution in [1.82, 2.24) is 0 Å². The molecule has 3 rings (SSSR count). The van der Waals surface area contributed by atoms with Gasteiger partial charge in [-0.25, -0.2) is 0 Å². The number of rotatable bonds is 9. The van der Waals surface area contributed by atoms with Gasteiger partial charge in [0.25, 0.3) is 0 Å². The molecule has 3 fully saturated rings. The van der Waals surface area contributed by atoms with Crippen molar-refractivity contribution in [2.45, 2.75) is 102 Å². The molecule has 3 aliphatic heterocycles. The van der Waals surface area contributed by atoms with Crippen LogP contribution in [0.2, 0.25) is 0 Å². The summed E-state index contributed by atoms with van der Waals surface area (Å²) in [6.07, 6.45) is -9.37. The Balaban J connectivity index is 2.06. The minimum Gasteiger partial charge on any atom is -0.463 e. The van der Waals surface area contributed by atoms with E-state index in [4.69, 9.17) is 42.6 Å². The van der Waals surface area contributed by atoms with Gasteiger partial charge >= 0.3 is 17.9 Å². The summed E-state index contributed by atoms with van der Waals surface area (Å²) in [6.45, 7) is 6.34. The van der Waals surface area contributed by atoms with Gasteiger partial charge in [0.15, 0.2) is 30.6 Å². The molecule has 0 bridgehead atoms. The van der Waals surface area contributed by atoms with Crippen molar-refractivity contribution < 1.29 is 57.0 Å². The molecule has 0 aromatic rings. The van der Waals surface area contributed by atoms with Gasteiger partial charge in [0.1, 0.15) is 43.1 Å². The van der Waals surface area contributed by atoms with Crippen molar-refractivity contribution in [3.63, 3.8) is 0 Å². The minimum atomic E-state index is -1.51. The fraction of sp³-hybridized carbons (Fsp3) is 0.864. The first-order valence-electron chi connectivity index (χ1n) is 12.3. The zero-order valence-corrected chi connectivity index (χ0v) is 22.8. The predicted octanol–water partition coefficient (Wildman–Crippen LogP) is 1.40. The van der Waals surface area contributed by atoms with E-state index in [-0.39, 0.29) is 6.61 Å². The summed E-state index contributed by atoms with van der Waals surface area (Å²) in [5.41, 5.74) is 18.6. The standard InChI is InChI=1S/C22H32N6O12/c1-9(29)33-7-12-16(35-10(2)30)18(36-11(3)31)15(26-28-24)21(38-12)39-19-14(25-27-23)20(32-6)37-13-8-34-22(4,5)40-17(13)19/h12-21H,7-8H2,1-6H3/t12-,13-,14-,15-,16+,17+,18-,19-,20-,21-/m1/s1. The van der Waals surface area contributed by atoms with Gasteiger partial charge in [-0.1, -0.05) is 10.2 Å². The number of hydrogen-bond donors (Lipinski definition) is 0. The molecule has 18 nitrogen and oxygen atoms in total. The lowest BCUT2D eigenvalue weighted by Gasteiger charge is -2.51. The van der Waals surface area contributed by atoms with E-state index in [9.17, 15) is 25.4 Å². The summed E-state index contributed by atoms with van der Waals surface area (Å²) >= 11 is 0. The number of methoxy groups -OCH3 is 1. The van der Waals surface area contributed by atoms with Crippen molar-refractivity contribution in [3.8, 4) is 0 Å². The molecule has 0 aromatic carbocycles. The van der Waals surface area contributed by atoms with Crippen molar-refractivity contribution in [2.24, 2.45) is 10.2 Å². The molecule has 0 aromatic heterocycles. The van der Waals surface area contributed by atoms with Crippen molar-refractivity contribution in [2.75, 3.05) is 20.3 Å². The highest BCUT2D eigenvalue weighted by molar-refractivity contribution is 5.68. The Labute approximate surface area is 228 Å². The van der Waals surface area contributed by atoms with Crippen LogP contribution in [0.5, 0.6) is 0 Å². The average Bonchev–Trinajstić information content (AvgIpc) is 2.86. The van der Waals surface area contributed by atoms with Gasteiger partial charge in [-0.3, -0.25) is 14.4 Å². The summed E-state index contributed by atoms with van der Waals surface area (Å²) < 4.78 is 51.2. The number of carbonyl (C=O) groups is 3. The number of carbonyl (C=O) groups excluding carboxylic acids is 3. The topological polar surface area (TPSA) is 232 Å². The fourth-order valence-corrected chi connectivity index (χ4v) is 4.68. The molecule has 10 atom stereocenters. The molecule has 0 N–H and O–H groups in total. The molecule has 0 saturated carbocycles. The van der Waals surface area contributed by atoms with Gasteiger partial charge in [-0.05, 0) is 24.9 Å². The zero-order valence-electron chi connectivity index (χ0n) is 22.8. The summed E-state index contributed by atoms with van der Waals surface area (Å²) in [7, 11) is 1.34. The van der Waals surface area contributed by atoms with E-state index in [2.05, 4.69) is 20.1 Å². The predicted molar refractivity (Wildman–Crippen MR) is 128 cm³/mol. The smallest absolute Gasteiger partial charge is 0.303 e. The van der Waals surface area contributed by atoms with Crippen LogP contribution in [0.15, 0.2) is 10.2 Å². The van der Waals surface area contributed by atoms with Crippen molar-refractivity contribution >= 4 is 17.9 Å². The quantitative estimate of drug-likeness (QED) is 0.125. The second-order valence-corrected chi connectivity index (χ2v) is 9.56. The lowest BCUT2D eigenvalue weighted by Crippen LogP contribution is -2.67. The highest BCUT2D eigenvalue weighted by Gasteiger charge is 2.56. The minimum absolute atomic E-state index is 0.0748. The van der Waals surface area contributed by atoms with Gasteiger partial charge in [0.2, 0.25) is 0 Å². The average molecular weight is 573 g/mol. The molecule has 222 valence electrons. The molecule has 40 heavy (non-hydrogen) atoms. The van der Waals surface area contributed by atoms with Crippen LogP contribution in [0, 0.1) is 0 Å². The van der Waals surface area contributed by atoms with Crippen LogP contribution in [-0.2, 0) is 57.0 Å². The molecule has 0 aliphatic carbocycles. The van der Waals surface area contributed by atoms with E-state index in [1.807, 2.05) is 0 Å². The second-order valence-electron chi connectivity index (χ2n) is 9.56. The van der Waals surface area contributed by atoms with Crippen LogP contribution in [0.4, 0.5) is 0 Å². The first-order valence-corrected chi connectivity index (χ1v) is 12.3. The molecule has 0 radical (unpaired) electrons. The summed E-state index contributed by atoms with van der Waals surface area (Å²) in [4.78, 5) is 41.3. The Bertz CT molecular complexity index is 1050. The van der Waals surface area contributed by atoms with Crippen LogP contribution < -0.4 is 0 Å². The molecule has 3 heterocycles. The third kappa shape index (κ3) is 7.50. The molecule has 3 aliphatic rings. The van der Waals surface area contributed by atoms with Crippen LogP contribution in [-0.4, -0.2) is 105 Å². The molecule has 0 amide bonds. The Morgan fingerprint density at radius 1 is 0.900 bits per heavy atom. The van der Waals surface area contributed by atoms with Gasteiger partial charge in [-0.15, -0.1) is 0 Å². The highest BCUT2D eigenvalue weighted by atomic mass is 16.8. The number of fused-ring (bicyclic) bond motifs is 1. The van der Waals surface area contributed by atoms with Crippen LogP contribution in [0.3, 0.4) is 0 Å². The Kier molecular flexibility index (Phi) is 10.5. The maximum atomic E-state index is 12.1. The van der Waals surface area contributed by atoms with Crippen molar-refractivity contribution in [3.05, 3.63) is 20.9 Å². The van der Waals surface area contributed by atoms with Gasteiger partial charge < -0.3 is 42.6 Å². The summed E-state index contributed by atoms with van der Waals surface area (Å²) in [6, 6.07) is -2.56. The van der Waals surface area contributed by atoms with E-state index in [1.165, 1.54) is 7.11 Å². The van der Waals surface area contributed by atoms with Gasteiger partial charge in [0.05, 0.1) is 6.61 Å². The first-order chi connectivity index (χ1) is 18.9. The van der Waals surface area contributed by atoms with E-state index >= 15 is 0 Å². The third-order valence-electron chi connectivity index (χ3n) is 6.19. The maximum Gasteiger partial charge on any atom is 0.303 e. The van der Waals surface area contributed by atoms with Gasteiger partial charge in [-0.2, -0.15) is 0 Å². The van der Waals surface area contributed by atoms with Crippen LogP contribution in [0.25, 0.3) is 20.9 Å². The van der Waals surface area contributed by atoms with Gasteiger partial charge in [0, 0.05) is 37.7 Å². The molecule has 3 saturated heterocycles. The van der Waals surface area contributed by atoms with E-state index in [0.717, 1.165) is 20.8 Å². The lowest BCUT2D eigenvalue weighted by atomic mass is 9.94. The zero-order chi connectivity index (χ0) is 29.6. The largest absolute Gasteiger partial charge is 0.463 e. The number of ether oxygens (including phenoxy) is 9. The van der Waals surface area contributed by atoms with E-state index in [1.54, 1.807) is 13.8 Å². The Morgan fingerprint density at radius 2 is 1.50 bits per heavy atom. The van der Waals surface area contributed by atoms with Crippen LogP contribution in [0.1, 0.15) is 34.6 Å². The SMILES string of the molecule is CO[C@@H]1O[C@@H]2COC(C)(C)O[C@@H]2[C@H](O[C@H]2O[C@H](COC(C)=O)[C@H](OC(C)=O)[C@H](OC(C)=O)[C@H]2N=[N+]=[N-])[C@H]1N=[N+]=[N-]. The van der Waals surface area contributed by atoms with E-state index in [0.29, 0.717) is 0 Å². The lowest BCUT2D eigenvalue weighted by molar-refractivity contribution is -0.384. The summed E-state index contributed by atoms with van der Waals surface area (Å²) in [5, 5.41) is 7.51. The normalized spacial score (nSPS) is 36.5. The number of esters is 3. The van der Waals surface area contributed by atoms with Crippen LogP contribution >= 0.6 is 0 Å². The summed E-state index contributed by atoms with van der Waals surface area (Å²) in [5.74, 6) is -3.31. The number of nitrogens with zero attached hydrogens (tertiary/aromatic N) is 6. The third-order valence-corrected chi connectivity index (χ3v) is 6.19. The molecular formula is C22H32N6O12.